The van der Waals surface area contributed by atoms with E-state index >= 15 is 0 Å². The van der Waals surface area contributed by atoms with E-state index in [1.54, 1.807) is 19.2 Å². The van der Waals surface area contributed by atoms with Crippen LogP contribution in [0.5, 0.6) is 0 Å². The monoisotopic (exact) mass is 245 g/mol. The van der Waals surface area contributed by atoms with Crippen LogP contribution in [0.2, 0.25) is 5.02 Å². The maximum atomic E-state index is 13.4. The van der Waals surface area contributed by atoms with E-state index in [1.807, 2.05) is 13.8 Å². The standard InChI is InChI=1S/C12H17ClFNO/c1-12(2,16-3)6-7-15-11-5-4-9(13)8-10(11)14/h4-5,8,15H,6-7H2,1-3H3. The smallest absolute Gasteiger partial charge is 0.147 e. The number of halogens is 2. The van der Waals surface area contributed by atoms with Gasteiger partial charge in [0.25, 0.3) is 0 Å². The molecule has 2 nitrogen and oxygen atoms in total. The summed E-state index contributed by atoms with van der Waals surface area (Å²) in [5, 5.41) is 3.42. The van der Waals surface area contributed by atoms with Gasteiger partial charge in [-0.3, -0.25) is 0 Å². The molecule has 0 saturated carbocycles. The highest BCUT2D eigenvalue weighted by atomic mass is 35.5. The Bertz CT molecular complexity index is 355. The second-order valence-electron chi connectivity index (χ2n) is 4.26. The Hall–Kier alpha value is -0.800. The van der Waals surface area contributed by atoms with Crippen LogP contribution in [0.1, 0.15) is 20.3 Å². The summed E-state index contributed by atoms with van der Waals surface area (Å²) in [6.07, 6.45) is 0.797. The van der Waals surface area contributed by atoms with Gasteiger partial charge >= 0.3 is 0 Å². The van der Waals surface area contributed by atoms with Gasteiger partial charge in [0.2, 0.25) is 0 Å². The van der Waals surface area contributed by atoms with Crippen molar-refractivity contribution in [3.8, 4) is 0 Å². The maximum Gasteiger partial charge on any atom is 0.147 e. The van der Waals surface area contributed by atoms with E-state index in [9.17, 15) is 4.39 Å². The minimum Gasteiger partial charge on any atom is -0.383 e. The van der Waals surface area contributed by atoms with Crippen molar-refractivity contribution in [2.24, 2.45) is 0 Å². The van der Waals surface area contributed by atoms with E-state index in [2.05, 4.69) is 5.32 Å². The van der Waals surface area contributed by atoms with Crippen LogP contribution in [0.25, 0.3) is 0 Å². The van der Waals surface area contributed by atoms with Crippen LogP contribution in [-0.4, -0.2) is 19.3 Å². The van der Waals surface area contributed by atoms with Crippen LogP contribution in [0.15, 0.2) is 18.2 Å². The summed E-state index contributed by atoms with van der Waals surface area (Å²) in [4.78, 5) is 0. The van der Waals surface area contributed by atoms with Crippen molar-refractivity contribution >= 4 is 17.3 Å². The summed E-state index contributed by atoms with van der Waals surface area (Å²) in [5.74, 6) is -0.331. The number of benzene rings is 1. The Morgan fingerprint density at radius 1 is 1.44 bits per heavy atom. The summed E-state index contributed by atoms with van der Waals surface area (Å²) < 4.78 is 18.6. The van der Waals surface area contributed by atoms with Crippen molar-refractivity contribution in [1.29, 1.82) is 0 Å². The molecule has 0 aliphatic heterocycles. The zero-order valence-electron chi connectivity index (χ0n) is 9.81. The van der Waals surface area contributed by atoms with Crippen LogP contribution in [0.3, 0.4) is 0 Å². The largest absolute Gasteiger partial charge is 0.383 e. The van der Waals surface area contributed by atoms with E-state index in [1.165, 1.54) is 6.07 Å². The van der Waals surface area contributed by atoms with Crippen LogP contribution in [0.4, 0.5) is 10.1 Å². The van der Waals surface area contributed by atoms with Gasteiger partial charge in [-0.15, -0.1) is 0 Å². The average Bonchev–Trinajstić information content (AvgIpc) is 2.21. The van der Waals surface area contributed by atoms with Crippen LogP contribution < -0.4 is 5.32 Å². The molecule has 1 rings (SSSR count). The van der Waals surface area contributed by atoms with Crippen LogP contribution in [0, 0.1) is 5.82 Å². The lowest BCUT2D eigenvalue weighted by Crippen LogP contribution is -2.25. The molecule has 0 atom stereocenters. The zero-order valence-corrected chi connectivity index (χ0v) is 10.6. The molecular formula is C12H17ClFNO. The summed E-state index contributed by atoms with van der Waals surface area (Å²) in [6.45, 7) is 4.64. The fourth-order valence-corrected chi connectivity index (χ4v) is 1.39. The fraction of sp³-hybridized carbons (Fsp3) is 0.500. The first-order valence-electron chi connectivity index (χ1n) is 5.19. The highest BCUT2D eigenvalue weighted by Crippen LogP contribution is 2.20. The summed E-state index contributed by atoms with van der Waals surface area (Å²) >= 11 is 5.66. The van der Waals surface area contributed by atoms with Gasteiger partial charge in [-0.25, -0.2) is 4.39 Å². The molecule has 0 bridgehead atoms. The molecule has 0 radical (unpaired) electrons. The topological polar surface area (TPSA) is 21.3 Å². The predicted octanol–water partition coefficient (Wildman–Crippen LogP) is 3.71. The lowest BCUT2D eigenvalue weighted by molar-refractivity contribution is 0.0185. The molecule has 1 aromatic carbocycles. The van der Waals surface area contributed by atoms with E-state index in [-0.39, 0.29) is 11.4 Å². The first-order valence-corrected chi connectivity index (χ1v) is 5.56. The third-order valence-corrected chi connectivity index (χ3v) is 2.76. The third-order valence-electron chi connectivity index (χ3n) is 2.53. The molecule has 1 aromatic rings. The molecule has 0 spiro atoms. The first-order chi connectivity index (χ1) is 7.44. The number of anilines is 1. The quantitative estimate of drug-likeness (QED) is 0.854. The minimum atomic E-state index is -0.331. The number of nitrogens with one attached hydrogen (secondary N) is 1. The first kappa shape index (κ1) is 13.3. The predicted molar refractivity (Wildman–Crippen MR) is 65.6 cm³/mol. The van der Waals surface area contributed by atoms with Crippen LogP contribution in [-0.2, 0) is 4.74 Å². The molecule has 0 heterocycles. The van der Waals surface area contributed by atoms with Gasteiger partial charge in [0.05, 0.1) is 11.3 Å². The highest BCUT2D eigenvalue weighted by molar-refractivity contribution is 6.30. The molecule has 90 valence electrons. The lowest BCUT2D eigenvalue weighted by atomic mass is 10.1. The zero-order chi connectivity index (χ0) is 12.2. The normalized spacial score (nSPS) is 11.6. The van der Waals surface area contributed by atoms with E-state index in [0.717, 1.165) is 6.42 Å². The van der Waals surface area contributed by atoms with Gasteiger partial charge < -0.3 is 10.1 Å². The Morgan fingerprint density at radius 2 is 2.12 bits per heavy atom. The summed E-state index contributed by atoms with van der Waals surface area (Å²) in [6, 6.07) is 4.59. The van der Waals surface area contributed by atoms with Gasteiger partial charge in [-0.1, -0.05) is 11.6 Å². The number of hydrogen-bond donors (Lipinski definition) is 1. The molecule has 0 fully saturated rings. The molecule has 0 amide bonds. The molecule has 4 heteroatoms. The summed E-state index contributed by atoms with van der Waals surface area (Å²) in [5.41, 5.74) is 0.270. The second kappa shape index (κ2) is 5.51. The van der Waals surface area contributed by atoms with Gasteiger partial charge in [0.15, 0.2) is 0 Å². The lowest BCUT2D eigenvalue weighted by Gasteiger charge is -2.23. The molecule has 0 saturated heterocycles. The number of rotatable bonds is 5. The van der Waals surface area contributed by atoms with Crippen molar-refractivity contribution in [1.82, 2.24) is 0 Å². The van der Waals surface area contributed by atoms with Crippen molar-refractivity contribution in [2.75, 3.05) is 19.0 Å². The van der Waals surface area contributed by atoms with Gasteiger partial charge in [0, 0.05) is 18.7 Å². The SMILES string of the molecule is COC(C)(C)CCNc1ccc(Cl)cc1F. The van der Waals surface area contributed by atoms with Crippen molar-refractivity contribution < 1.29 is 9.13 Å². The van der Waals surface area contributed by atoms with Gasteiger partial charge in [0.1, 0.15) is 5.82 Å². The average molecular weight is 246 g/mol. The van der Waals surface area contributed by atoms with Gasteiger partial charge in [-0.2, -0.15) is 0 Å². The van der Waals surface area contributed by atoms with Crippen molar-refractivity contribution in [3.63, 3.8) is 0 Å². The van der Waals surface area contributed by atoms with Crippen LogP contribution >= 0.6 is 11.6 Å². The maximum absolute atomic E-state index is 13.4. The molecular weight excluding hydrogens is 229 g/mol. The van der Waals surface area contributed by atoms with Crippen molar-refractivity contribution in [3.05, 3.63) is 29.0 Å². The van der Waals surface area contributed by atoms with Gasteiger partial charge in [-0.05, 0) is 38.5 Å². The molecule has 0 aliphatic carbocycles. The highest BCUT2D eigenvalue weighted by Gasteiger charge is 2.15. The molecule has 0 unspecified atom stereocenters. The van der Waals surface area contributed by atoms with E-state index in [4.69, 9.17) is 16.3 Å². The summed E-state index contributed by atoms with van der Waals surface area (Å²) in [7, 11) is 1.67. The molecule has 1 N–H and O–H groups in total. The fourth-order valence-electron chi connectivity index (χ4n) is 1.23. The molecule has 16 heavy (non-hydrogen) atoms. The van der Waals surface area contributed by atoms with E-state index < -0.39 is 0 Å². The molecule has 0 aromatic heterocycles. The van der Waals surface area contributed by atoms with E-state index in [0.29, 0.717) is 17.3 Å². The number of ether oxygens (including phenoxy) is 1. The minimum absolute atomic E-state index is 0.199. The number of hydrogen-bond acceptors (Lipinski definition) is 2. The third kappa shape index (κ3) is 3.99. The Labute approximate surface area is 101 Å². The van der Waals surface area contributed by atoms with Crippen molar-refractivity contribution in [2.45, 2.75) is 25.9 Å². The Balaban J connectivity index is 2.49. The second-order valence-corrected chi connectivity index (χ2v) is 4.70. The molecule has 0 aliphatic rings. The Kier molecular flexibility index (Phi) is 4.56. The Morgan fingerprint density at radius 3 is 2.69 bits per heavy atom. The number of methoxy groups -OCH3 is 1.